The Labute approximate surface area is 154 Å². The molecular weight excluding hydrogens is 328 g/mol. The van der Waals surface area contributed by atoms with Crippen molar-refractivity contribution >= 4 is 16.7 Å². The first kappa shape index (κ1) is 18.6. The molecule has 6 nitrogen and oxygen atoms in total. The average Bonchev–Trinajstić information content (AvgIpc) is 3.12. The van der Waals surface area contributed by atoms with Gasteiger partial charge in [0.05, 0.1) is 5.39 Å². The van der Waals surface area contributed by atoms with Gasteiger partial charge in [0.1, 0.15) is 0 Å². The standard InChI is InChI=1S/C20H28N4O2/c1-3-4-7-13-24-19(25)17-11-6-5-10-16(17)18(22-24)20(26)23-12-8-9-15(23)14-21-2/h5-6,10-11,15,21H,3-4,7-9,12-14H2,1-2H3. The van der Waals surface area contributed by atoms with Gasteiger partial charge in [-0.3, -0.25) is 9.59 Å². The molecule has 1 aromatic heterocycles. The van der Waals surface area contributed by atoms with Crippen molar-refractivity contribution in [3.63, 3.8) is 0 Å². The summed E-state index contributed by atoms with van der Waals surface area (Å²) in [5, 5.41) is 8.90. The van der Waals surface area contributed by atoms with Gasteiger partial charge in [-0.1, -0.05) is 38.0 Å². The van der Waals surface area contributed by atoms with E-state index in [0.29, 0.717) is 23.0 Å². The lowest BCUT2D eigenvalue weighted by atomic mass is 10.1. The second-order valence-electron chi connectivity index (χ2n) is 6.98. The molecule has 1 unspecified atom stereocenters. The first-order chi connectivity index (χ1) is 12.7. The molecule has 0 bridgehead atoms. The molecule has 1 aliphatic rings. The van der Waals surface area contributed by atoms with E-state index in [4.69, 9.17) is 0 Å². The maximum atomic E-state index is 13.3. The number of amides is 1. The summed E-state index contributed by atoms with van der Waals surface area (Å²) < 4.78 is 1.48. The van der Waals surface area contributed by atoms with Crippen molar-refractivity contribution in [2.24, 2.45) is 0 Å². The molecule has 1 aliphatic heterocycles. The third-order valence-electron chi connectivity index (χ3n) is 5.12. The van der Waals surface area contributed by atoms with Gasteiger partial charge in [0.25, 0.3) is 11.5 Å². The van der Waals surface area contributed by atoms with Crippen LogP contribution in [0.2, 0.25) is 0 Å². The van der Waals surface area contributed by atoms with Crippen LogP contribution in [0.1, 0.15) is 49.5 Å². The number of rotatable bonds is 7. The number of nitrogens with one attached hydrogen (secondary N) is 1. The van der Waals surface area contributed by atoms with Gasteiger partial charge in [0.2, 0.25) is 0 Å². The highest BCUT2D eigenvalue weighted by Gasteiger charge is 2.31. The number of aryl methyl sites for hydroxylation is 1. The van der Waals surface area contributed by atoms with Crippen molar-refractivity contribution in [1.29, 1.82) is 0 Å². The molecule has 2 heterocycles. The van der Waals surface area contributed by atoms with Gasteiger partial charge >= 0.3 is 0 Å². The van der Waals surface area contributed by atoms with Gasteiger partial charge in [-0.25, -0.2) is 4.68 Å². The fraction of sp³-hybridized carbons (Fsp3) is 0.550. The first-order valence-electron chi connectivity index (χ1n) is 9.62. The van der Waals surface area contributed by atoms with E-state index in [2.05, 4.69) is 17.3 Å². The molecule has 1 fully saturated rings. The first-order valence-corrected chi connectivity index (χ1v) is 9.62. The SMILES string of the molecule is CCCCCn1nc(C(=O)N2CCCC2CNC)c2ccccc2c1=O. The summed E-state index contributed by atoms with van der Waals surface area (Å²) >= 11 is 0. The van der Waals surface area contributed by atoms with Crippen LogP contribution in [0.25, 0.3) is 10.8 Å². The number of unbranched alkanes of at least 4 members (excludes halogenated alkanes) is 2. The normalized spacial score (nSPS) is 17.2. The molecule has 6 heteroatoms. The minimum absolute atomic E-state index is 0.0665. The van der Waals surface area contributed by atoms with Crippen LogP contribution in [-0.4, -0.2) is 46.8 Å². The molecule has 0 aliphatic carbocycles. The fourth-order valence-corrected chi connectivity index (χ4v) is 3.74. The Morgan fingerprint density at radius 3 is 2.77 bits per heavy atom. The summed E-state index contributed by atoms with van der Waals surface area (Å²) in [6.45, 7) is 4.20. The molecule has 2 aromatic rings. The van der Waals surface area contributed by atoms with Gasteiger partial charge < -0.3 is 10.2 Å². The number of carbonyl (C=O) groups is 1. The molecule has 1 aromatic carbocycles. The molecule has 1 atom stereocenters. The molecule has 1 amide bonds. The number of carbonyl (C=O) groups excluding carboxylic acids is 1. The Morgan fingerprint density at radius 2 is 2.04 bits per heavy atom. The van der Waals surface area contributed by atoms with Crippen molar-refractivity contribution in [2.75, 3.05) is 20.1 Å². The third-order valence-corrected chi connectivity index (χ3v) is 5.12. The van der Waals surface area contributed by atoms with Crippen LogP contribution in [0.3, 0.4) is 0 Å². The van der Waals surface area contributed by atoms with E-state index < -0.39 is 0 Å². The van der Waals surface area contributed by atoms with Crippen molar-refractivity contribution in [3.05, 3.63) is 40.3 Å². The van der Waals surface area contributed by atoms with E-state index in [-0.39, 0.29) is 17.5 Å². The number of likely N-dealkylation sites (tertiary alicyclic amines) is 1. The van der Waals surface area contributed by atoms with E-state index in [1.54, 1.807) is 6.07 Å². The minimum Gasteiger partial charge on any atom is -0.333 e. The molecule has 1 saturated heterocycles. The lowest BCUT2D eigenvalue weighted by molar-refractivity contribution is 0.0730. The van der Waals surface area contributed by atoms with Crippen molar-refractivity contribution in [2.45, 2.75) is 51.6 Å². The molecule has 26 heavy (non-hydrogen) atoms. The van der Waals surface area contributed by atoms with Crippen molar-refractivity contribution in [3.8, 4) is 0 Å². The Morgan fingerprint density at radius 1 is 1.27 bits per heavy atom. The Hall–Kier alpha value is -2.21. The van der Waals surface area contributed by atoms with Crippen LogP contribution >= 0.6 is 0 Å². The summed E-state index contributed by atoms with van der Waals surface area (Å²) in [4.78, 5) is 27.9. The highest BCUT2D eigenvalue weighted by atomic mass is 16.2. The molecule has 0 radical (unpaired) electrons. The molecule has 1 N–H and O–H groups in total. The number of fused-ring (bicyclic) bond motifs is 1. The number of hydrogen-bond acceptors (Lipinski definition) is 4. The highest BCUT2D eigenvalue weighted by Crippen LogP contribution is 2.22. The second-order valence-corrected chi connectivity index (χ2v) is 6.98. The molecule has 0 saturated carbocycles. The molecular formula is C20H28N4O2. The molecule has 0 spiro atoms. The van der Waals surface area contributed by atoms with E-state index in [1.807, 2.05) is 30.1 Å². The number of aromatic nitrogens is 2. The molecule has 140 valence electrons. The van der Waals surface area contributed by atoms with Gasteiger partial charge in [-0.05, 0) is 32.4 Å². The summed E-state index contributed by atoms with van der Waals surface area (Å²) in [7, 11) is 1.91. The van der Waals surface area contributed by atoms with Gasteiger partial charge in [0.15, 0.2) is 5.69 Å². The Bertz CT molecular complexity index is 830. The van der Waals surface area contributed by atoms with E-state index in [1.165, 1.54) is 4.68 Å². The highest BCUT2D eigenvalue weighted by molar-refractivity contribution is 6.05. The zero-order valence-electron chi connectivity index (χ0n) is 15.7. The Kier molecular flexibility index (Phi) is 6.04. The lowest BCUT2D eigenvalue weighted by Crippen LogP contribution is -2.42. The van der Waals surface area contributed by atoms with Crippen LogP contribution in [-0.2, 0) is 6.54 Å². The Balaban J connectivity index is 2.02. The second kappa shape index (κ2) is 8.45. The van der Waals surface area contributed by atoms with Crippen LogP contribution in [0.4, 0.5) is 0 Å². The number of benzene rings is 1. The topological polar surface area (TPSA) is 67.2 Å². The van der Waals surface area contributed by atoms with Gasteiger partial charge in [0, 0.05) is 31.1 Å². The van der Waals surface area contributed by atoms with Crippen LogP contribution < -0.4 is 10.9 Å². The third kappa shape index (κ3) is 3.65. The van der Waals surface area contributed by atoms with E-state index in [0.717, 1.165) is 45.2 Å². The van der Waals surface area contributed by atoms with Gasteiger partial charge in [-0.15, -0.1) is 0 Å². The van der Waals surface area contributed by atoms with Crippen molar-refractivity contribution < 1.29 is 4.79 Å². The zero-order valence-corrected chi connectivity index (χ0v) is 15.7. The quantitative estimate of drug-likeness (QED) is 0.774. The summed E-state index contributed by atoms with van der Waals surface area (Å²) in [5.41, 5.74) is 0.293. The largest absolute Gasteiger partial charge is 0.333 e. The summed E-state index contributed by atoms with van der Waals surface area (Å²) in [6.07, 6.45) is 5.02. The van der Waals surface area contributed by atoms with Gasteiger partial charge in [-0.2, -0.15) is 5.10 Å². The number of likely N-dealkylation sites (N-methyl/N-ethyl adjacent to an activating group) is 1. The fourth-order valence-electron chi connectivity index (χ4n) is 3.74. The number of hydrogen-bond donors (Lipinski definition) is 1. The smallest absolute Gasteiger partial charge is 0.275 e. The van der Waals surface area contributed by atoms with Crippen LogP contribution in [0.5, 0.6) is 0 Å². The predicted molar refractivity (Wildman–Crippen MR) is 104 cm³/mol. The summed E-state index contributed by atoms with van der Waals surface area (Å²) in [5.74, 6) is -0.0665. The maximum Gasteiger partial charge on any atom is 0.275 e. The van der Waals surface area contributed by atoms with Crippen molar-refractivity contribution in [1.82, 2.24) is 20.0 Å². The minimum atomic E-state index is -0.110. The molecule has 3 rings (SSSR count). The summed E-state index contributed by atoms with van der Waals surface area (Å²) in [6, 6.07) is 7.51. The lowest BCUT2D eigenvalue weighted by Gasteiger charge is -2.25. The van der Waals surface area contributed by atoms with E-state index in [9.17, 15) is 9.59 Å². The monoisotopic (exact) mass is 356 g/mol. The average molecular weight is 356 g/mol. The zero-order chi connectivity index (χ0) is 18.5. The van der Waals surface area contributed by atoms with Crippen LogP contribution in [0, 0.1) is 0 Å². The van der Waals surface area contributed by atoms with Crippen LogP contribution in [0.15, 0.2) is 29.1 Å². The predicted octanol–water partition coefficient (Wildman–Crippen LogP) is 2.41. The van der Waals surface area contributed by atoms with E-state index >= 15 is 0 Å². The maximum absolute atomic E-state index is 13.3. The number of nitrogens with zero attached hydrogens (tertiary/aromatic N) is 3.